The average Bonchev–Trinajstić information content (AvgIpc) is 2.91. The predicted molar refractivity (Wildman–Crippen MR) is 159 cm³/mol. The van der Waals surface area contributed by atoms with Gasteiger partial charge >= 0.3 is 0 Å². The third-order valence-corrected chi connectivity index (χ3v) is 8.06. The maximum Gasteiger partial charge on any atom is 0.0181 e. The number of hydrogen-bond acceptors (Lipinski definition) is 0. The third kappa shape index (κ3) is 3.50. The van der Waals surface area contributed by atoms with Crippen LogP contribution in [0.2, 0.25) is 0 Å². The van der Waals surface area contributed by atoms with Crippen LogP contribution in [0.3, 0.4) is 0 Å². The first-order chi connectivity index (χ1) is 17.7. The molecule has 1 unspecified atom stereocenters. The van der Waals surface area contributed by atoms with Crippen molar-refractivity contribution in [3.63, 3.8) is 0 Å². The van der Waals surface area contributed by atoms with E-state index in [0.29, 0.717) is 5.92 Å². The molecule has 1 heteroatoms. The largest absolute Gasteiger partial charge is 0.0754 e. The predicted octanol–water partition coefficient (Wildman–Crippen LogP) is 8.84. The molecule has 0 aromatic heterocycles. The fraction of sp³-hybridized carbons (Fsp3) is 0.0857. The van der Waals surface area contributed by atoms with Gasteiger partial charge in [0.05, 0.1) is 0 Å². The maximum absolute atomic E-state index is 3.78. The Kier molecular flexibility index (Phi) is 5.08. The quantitative estimate of drug-likeness (QED) is 0.212. The van der Waals surface area contributed by atoms with Crippen molar-refractivity contribution < 1.29 is 0 Å². The van der Waals surface area contributed by atoms with Gasteiger partial charge in [-0.3, -0.25) is 0 Å². The molecule has 7 rings (SSSR count). The second-order valence-corrected chi connectivity index (χ2v) is 10.9. The molecule has 0 radical (unpaired) electrons. The number of halogens is 1. The first-order valence-corrected chi connectivity index (χ1v) is 13.4. The van der Waals surface area contributed by atoms with Crippen molar-refractivity contribution in [2.45, 2.75) is 13.3 Å². The zero-order valence-corrected chi connectivity index (χ0v) is 21.7. The summed E-state index contributed by atoms with van der Waals surface area (Å²) in [6, 6.07) is 37.9. The lowest BCUT2D eigenvalue weighted by Crippen LogP contribution is -2.33. The summed E-state index contributed by atoms with van der Waals surface area (Å²) >= 11 is 3.78. The van der Waals surface area contributed by atoms with Crippen LogP contribution in [0.15, 0.2) is 108 Å². The minimum Gasteiger partial charge on any atom is -0.0754 e. The molecule has 0 saturated heterocycles. The Morgan fingerprint density at radius 1 is 0.583 bits per heavy atom. The Hall–Kier alpha value is -3.68. The highest BCUT2D eigenvalue weighted by Crippen LogP contribution is 2.36. The van der Waals surface area contributed by atoms with Crippen LogP contribution in [0.4, 0.5) is 0 Å². The Labute approximate surface area is 219 Å². The molecule has 0 nitrogen and oxygen atoms in total. The Balaban J connectivity index is 1.64. The van der Waals surface area contributed by atoms with Crippen LogP contribution in [0.5, 0.6) is 0 Å². The van der Waals surface area contributed by atoms with E-state index >= 15 is 0 Å². The van der Waals surface area contributed by atoms with Crippen molar-refractivity contribution in [1.29, 1.82) is 0 Å². The standard InChI is InChI=1S/C35H25Br/c1-22-10-16-30-32(18-22)35(28-14-12-24-7-3-5-9-26(24)20-28)33-21-29(36)15-17-31(33)34(30)27-13-11-23-6-2-4-8-25(23)19-27/h2-9,11-22H,10H2,1H3. The van der Waals surface area contributed by atoms with E-state index in [-0.39, 0.29) is 0 Å². The third-order valence-electron chi connectivity index (χ3n) is 7.57. The zero-order valence-electron chi connectivity index (χ0n) is 20.1. The molecule has 0 bridgehead atoms. The van der Waals surface area contributed by atoms with E-state index in [2.05, 4.69) is 138 Å². The van der Waals surface area contributed by atoms with Crippen LogP contribution in [-0.2, 0) is 0 Å². The molecule has 1 aliphatic rings. The summed E-state index contributed by atoms with van der Waals surface area (Å²) < 4.78 is 1.11. The molecule has 6 aromatic rings. The van der Waals surface area contributed by atoms with Crippen molar-refractivity contribution in [1.82, 2.24) is 0 Å². The Morgan fingerprint density at radius 2 is 1.17 bits per heavy atom. The number of hydrogen-bond donors (Lipinski definition) is 0. The fourth-order valence-corrected chi connectivity index (χ4v) is 6.22. The molecule has 36 heavy (non-hydrogen) atoms. The second-order valence-electron chi connectivity index (χ2n) is 9.97. The van der Waals surface area contributed by atoms with Gasteiger partial charge in [0.2, 0.25) is 0 Å². The summed E-state index contributed by atoms with van der Waals surface area (Å²) in [5.74, 6) is 0.505. The molecule has 0 N–H and O–H groups in total. The van der Waals surface area contributed by atoms with Crippen molar-refractivity contribution in [3.05, 3.63) is 118 Å². The zero-order chi connectivity index (χ0) is 24.2. The van der Waals surface area contributed by atoms with Gasteiger partial charge in [-0.25, -0.2) is 0 Å². The first-order valence-electron chi connectivity index (χ1n) is 12.6. The Morgan fingerprint density at radius 3 is 1.81 bits per heavy atom. The van der Waals surface area contributed by atoms with Gasteiger partial charge in [0, 0.05) is 4.47 Å². The van der Waals surface area contributed by atoms with Gasteiger partial charge in [0.15, 0.2) is 0 Å². The summed E-state index contributed by atoms with van der Waals surface area (Å²) in [6.07, 6.45) is 6.02. The average molecular weight is 525 g/mol. The lowest BCUT2D eigenvalue weighted by Gasteiger charge is -2.20. The monoisotopic (exact) mass is 524 g/mol. The summed E-state index contributed by atoms with van der Waals surface area (Å²) in [4.78, 5) is 0. The number of rotatable bonds is 2. The van der Waals surface area contributed by atoms with Gasteiger partial charge in [-0.15, -0.1) is 0 Å². The van der Waals surface area contributed by atoms with E-state index in [1.165, 1.54) is 65.0 Å². The molecule has 0 aliphatic heterocycles. The molecule has 1 aliphatic carbocycles. The molecule has 1 atom stereocenters. The molecule has 0 saturated carbocycles. The molecule has 0 spiro atoms. The van der Waals surface area contributed by atoms with E-state index in [9.17, 15) is 0 Å². The minimum absolute atomic E-state index is 0.505. The van der Waals surface area contributed by atoms with Crippen LogP contribution in [0.1, 0.15) is 13.3 Å². The molecule has 0 heterocycles. The number of benzene rings is 6. The van der Waals surface area contributed by atoms with E-state index in [0.717, 1.165) is 10.9 Å². The van der Waals surface area contributed by atoms with Gasteiger partial charge in [-0.2, -0.15) is 0 Å². The van der Waals surface area contributed by atoms with Gasteiger partial charge < -0.3 is 0 Å². The SMILES string of the molecule is CC1C=c2c(-c3ccc4ccccc4c3)c3cc(Br)ccc3c(-c3ccc4ccccc4c3)c2=CC1. The molecular formula is C35H25Br. The van der Waals surface area contributed by atoms with Crippen LogP contribution in [0, 0.1) is 5.92 Å². The van der Waals surface area contributed by atoms with Gasteiger partial charge in [-0.05, 0) is 102 Å². The highest BCUT2D eigenvalue weighted by atomic mass is 79.9. The summed E-state index contributed by atoms with van der Waals surface area (Å²) in [7, 11) is 0. The molecular weight excluding hydrogens is 500 g/mol. The summed E-state index contributed by atoms with van der Waals surface area (Å²) in [5.41, 5.74) is 5.23. The van der Waals surface area contributed by atoms with Crippen LogP contribution in [-0.4, -0.2) is 0 Å². The van der Waals surface area contributed by atoms with Gasteiger partial charge in [0.25, 0.3) is 0 Å². The smallest absolute Gasteiger partial charge is 0.0181 e. The lowest BCUT2D eigenvalue weighted by atomic mass is 9.84. The second kappa shape index (κ2) is 8.47. The van der Waals surface area contributed by atoms with Gasteiger partial charge in [0.1, 0.15) is 0 Å². The topological polar surface area (TPSA) is 0 Å². The van der Waals surface area contributed by atoms with Crippen molar-refractivity contribution in [2.24, 2.45) is 5.92 Å². The summed E-state index contributed by atoms with van der Waals surface area (Å²) in [6.45, 7) is 2.32. The van der Waals surface area contributed by atoms with Crippen LogP contribution >= 0.6 is 15.9 Å². The van der Waals surface area contributed by atoms with Crippen LogP contribution in [0.25, 0.3) is 66.7 Å². The normalized spacial score (nSPS) is 15.0. The van der Waals surface area contributed by atoms with Crippen molar-refractivity contribution >= 4 is 60.4 Å². The number of fused-ring (bicyclic) bond motifs is 4. The fourth-order valence-electron chi connectivity index (χ4n) is 5.85. The molecule has 6 aromatic carbocycles. The highest BCUT2D eigenvalue weighted by Gasteiger charge is 2.18. The van der Waals surface area contributed by atoms with Crippen molar-refractivity contribution in [2.75, 3.05) is 0 Å². The Bertz CT molecular complexity index is 1940. The van der Waals surface area contributed by atoms with E-state index in [4.69, 9.17) is 0 Å². The van der Waals surface area contributed by atoms with Gasteiger partial charge in [-0.1, -0.05) is 114 Å². The summed E-state index contributed by atoms with van der Waals surface area (Å²) in [5, 5.41) is 10.4. The molecule has 0 fully saturated rings. The molecule has 0 amide bonds. The maximum atomic E-state index is 3.78. The first kappa shape index (κ1) is 21.6. The van der Waals surface area contributed by atoms with E-state index in [1.807, 2.05) is 0 Å². The molecule has 172 valence electrons. The van der Waals surface area contributed by atoms with Crippen LogP contribution < -0.4 is 10.4 Å². The minimum atomic E-state index is 0.505. The van der Waals surface area contributed by atoms with Crippen molar-refractivity contribution in [3.8, 4) is 22.3 Å². The lowest BCUT2D eigenvalue weighted by molar-refractivity contribution is 0.801. The van der Waals surface area contributed by atoms with E-state index in [1.54, 1.807) is 0 Å². The highest BCUT2D eigenvalue weighted by molar-refractivity contribution is 9.10. The van der Waals surface area contributed by atoms with E-state index < -0.39 is 0 Å².